The Hall–Kier alpha value is -2.04. The Bertz CT molecular complexity index is 604. The quantitative estimate of drug-likeness (QED) is 0.655. The highest BCUT2D eigenvalue weighted by molar-refractivity contribution is 5.44. The van der Waals surface area contributed by atoms with Gasteiger partial charge in [0.05, 0.1) is 20.3 Å². The van der Waals surface area contributed by atoms with Crippen LogP contribution in [0, 0.1) is 13.8 Å². The van der Waals surface area contributed by atoms with E-state index >= 15 is 0 Å². The third kappa shape index (κ3) is 3.35. The smallest absolute Gasteiger partial charge is 0.122 e. The molecule has 0 radical (unpaired) electrons. The minimum absolute atomic E-state index is 0.117. The van der Waals surface area contributed by atoms with Crippen molar-refractivity contribution < 1.29 is 9.47 Å². The molecule has 0 saturated heterocycles. The Labute approximate surface area is 125 Å². The first kappa shape index (κ1) is 15.4. The van der Waals surface area contributed by atoms with Crippen LogP contribution >= 0.6 is 0 Å². The Morgan fingerprint density at radius 2 is 1.48 bits per heavy atom. The molecule has 0 amide bonds. The van der Waals surface area contributed by atoms with Crippen molar-refractivity contribution in [2.75, 3.05) is 14.2 Å². The molecule has 0 fully saturated rings. The summed E-state index contributed by atoms with van der Waals surface area (Å²) in [6.45, 7) is 4.19. The van der Waals surface area contributed by atoms with Gasteiger partial charge in [-0.25, -0.2) is 5.43 Å². The van der Waals surface area contributed by atoms with E-state index in [1.165, 1.54) is 11.1 Å². The molecule has 0 heterocycles. The van der Waals surface area contributed by atoms with E-state index in [1.54, 1.807) is 14.2 Å². The molecule has 0 aliphatic rings. The summed E-state index contributed by atoms with van der Waals surface area (Å²) in [4.78, 5) is 0. The van der Waals surface area contributed by atoms with Crippen molar-refractivity contribution in [3.63, 3.8) is 0 Å². The standard InChI is InChI=1S/C17H22N2O2/c1-11-5-6-13(7-12(11)2)17(19-18)14-8-15(20-3)10-16(9-14)21-4/h5-10,17,19H,18H2,1-4H3. The number of nitrogens with one attached hydrogen (secondary N) is 1. The van der Waals surface area contributed by atoms with Crippen LogP contribution in [0.15, 0.2) is 36.4 Å². The molecule has 4 heteroatoms. The molecule has 112 valence electrons. The van der Waals surface area contributed by atoms with E-state index in [0.29, 0.717) is 0 Å². The van der Waals surface area contributed by atoms with Gasteiger partial charge in [-0.3, -0.25) is 5.84 Å². The first-order chi connectivity index (χ1) is 10.1. The summed E-state index contributed by atoms with van der Waals surface area (Å²) < 4.78 is 10.6. The van der Waals surface area contributed by atoms with Crippen molar-refractivity contribution in [1.29, 1.82) is 0 Å². The molecule has 0 bridgehead atoms. The second kappa shape index (κ2) is 6.61. The fraction of sp³-hybridized carbons (Fsp3) is 0.294. The van der Waals surface area contributed by atoms with Crippen molar-refractivity contribution in [3.05, 3.63) is 58.7 Å². The van der Waals surface area contributed by atoms with E-state index < -0.39 is 0 Å². The summed E-state index contributed by atoms with van der Waals surface area (Å²) in [5.74, 6) is 7.26. The monoisotopic (exact) mass is 286 g/mol. The van der Waals surface area contributed by atoms with Gasteiger partial charge >= 0.3 is 0 Å². The summed E-state index contributed by atoms with van der Waals surface area (Å²) in [7, 11) is 3.28. The zero-order valence-electron chi connectivity index (χ0n) is 12.9. The van der Waals surface area contributed by atoms with Gasteiger partial charge in [-0.2, -0.15) is 0 Å². The average Bonchev–Trinajstić information content (AvgIpc) is 2.51. The summed E-state index contributed by atoms with van der Waals surface area (Å²) in [6.07, 6.45) is 0. The highest BCUT2D eigenvalue weighted by atomic mass is 16.5. The average molecular weight is 286 g/mol. The van der Waals surface area contributed by atoms with Gasteiger partial charge in [0.15, 0.2) is 0 Å². The van der Waals surface area contributed by atoms with Crippen molar-refractivity contribution >= 4 is 0 Å². The summed E-state index contributed by atoms with van der Waals surface area (Å²) >= 11 is 0. The van der Waals surface area contributed by atoms with Crippen LogP contribution in [0.1, 0.15) is 28.3 Å². The fourth-order valence-electron chi connectivity index (χ4n) is 2.33. The van der Waals surface area contributed by atoms with E-state index in [2.05, 4.69) is 37.5 Å². The van der Waals surface area contributed by atoms with Crippen LogP contribution < -0.4 is 20.7 Å². The molecular weight excluding hydrogens is 264 g/mol. The first-order valence-electron chi connectivity index (χ1n) is 6.85. The molecule has 3 N–H and O–H groups in total. The van der Waals surface area contributed by atoms with Gasteiger partial charge in [0.2, 0.25) is 0 Å². The molecule has 0 aliphatic heterocycles. The second-order valence-corrected chi connectivity index (χ2v) is 5.09. The number of rotatable bonds is 5. The summed E-state index contributed by atoms with van der Waals surface area (Å²) in [5, 5.41) is 0. The largest absolute Gasteiger partial charge is 0.497 e. The number of hydrogen-bond acceptors (Lipinski definition) is 4. The van der Waals surface area contributed by atoms with Crippen molar-refractivity contribution in [1.82, 2.24) is 5.43 Å². The lowest BCUT2D eigenvalue weighted by Gasteiger charge is -2.19. The first-order valence-corrected chi connectivity index (χ1v) is 6.85. The highest BCUT2D eigenvalue weighted by Gasteiger charge is 2.15. The van der Waals surface area contributed by atoms with Gasteiger partial charge in [0.1, 0.15) is 11.5 Å². The molecule has 1 unspecified atom stereocenters. The molecule has 2 aromatic carbocycles. The van der Waals surface area contributed by atoms with E-state index in [0.717, 1.165) is 22.6 Å². The Morgan fingerprint density at radius 1 is 0.857 bits per heavy atom. The van der Waals surface area contributed by atoms with E-state index in [9.17, 15) is 0 Å². The fourth-order valence-corrected chi connectivity index (χ4v) is 2.33. The number of benzene rings is 2. The molecule has 0 saturated carbocycles. The minimum atomic E-state index is -0.117. The predicted molar refractivity (Wildman–Crippen MR) is 84.6 cm³/mol. The number of aryl methyl sites for hydroxylation is 2. The predicted octanol–water partition coefficient (Wildman–Crippen LogP) is 2.87. The van der Waals surface area contributed by atoms with Gasteiger partial charge in [-0.1, -0.05) is 18.2 Å². The normalized spacial score (nSPS) is 12.0. The number of methoxy groups -OCH3 is 2. The van der Waals surface area contributed by atoms with Crippen LogP contribution in [0.2, 0.25) is 0 Å². The third-order valence-corrected chi connectivity index (χ3v) is 3.74. The SMILES string of the molecule is COc1cc(OC)cc(C(NN)c2ccc(C)c(C)c2)c1. The van der Waals surface area contributed by atoms with Crippen LogP contribution in [-0.4, -0.2) is 14.2 Å². The summed E-state index contributed by atoms with van der Waals surface area (Å²) in [6, 6.07) is 12.0. The molecule has 21 heavy (non-hydrogen) atoms. The molecular formula is C17H22N2O2. The van der Waals surface area contributed by atoms with Crippen molar-refractivity contribution in [2.24, 2.45) is 5.84 Å². The van der Waals surface area contributed by atoms with Crippen LogP contribution in [0.5, 0.6) is 11.5 Å². The molecule has 0 aliphatic carbocycles. The Balaban J connectivity index is 2.47. The lowest BCUT2D eigenvalue weighted by Crippen LogP contribution is -2.29. The van der Waals surface area contributed by atoms with Gasteiger partial charge in [-0.15, -0.1) is 0 Å². The van der Waals surface area contributed by atoms with E-state index in [-0.39, 0.29) is 6.04 Å². The number of nitrogens with two attached hydrogens (primary N) is 1. The van der Waals surface area contributed by atoms with Crippen LogP contribution in [-0.2, 0) is 0 Å². The Morgan fingerprint density at radius 3 is 1.95 bits per heavy atom. The maximum absolute atomic E-state index is 5.78. The number of ether oxygens (including phenoxy) is 2. The van der Waals surface area contributed by atoms with Crippen LogP contribution in [0.25, 0.3) is 0 Å². The molecule has 4 nitrogen and oxygen atoms in total. The molecule has 2 rings (SSSR count). The molecule has 0 spiro atoms. The zero-order chi connectivity index (χ0) is 15.4. The minimum Gasteiger partial charge on any atom is -0.497 e. The van der Waals surface area contributed by atoms with Crippen LogP contribution in [0.4, 0.5) is 0 Å². The van der Waals surface area contributed by atoms with Crippen molar-refractivity contribution in [3.8, 4) is 11.5 Å². The zero-order valence-corrected chi connectivity index (χ0v) is 12.9. The van der Waals surface area contributed by atoms with Gasteiger partial charge < -0.3 is 9.47 Å². The molecule has 0 aromatic heterocycles. The lowest BCUT2D eigenvalue weighted by molar-refractivity contribution is 0.392. The third-order valence-electron chi connectivity index (χ3n) is 3.74. The van der Waals surface area contributed by atoms with Gasteiger partial charge in [0, 0.05) is 6.07 Å². The second-order valence-electron chi connectivity index (χ2n) is 5.09. The number of hydrogen-bond donors (Lipinski definition) is 2. The van der Waals surface area contributed by atoms with E-state index in [1.807, 2.05) is 18.2 Å². The Kier molecular flexibility index (Phi) is 4.83. The van der Waals surface area contributed by atoms with E-state index in [4.69, 9.17) is 15.3 Å². The topological polar surface area (TPSA) is 56.5 Å². The van der Waals surface area contributed by atoms with Gasteiger partial charge in [0.25, 0.3) is 0 Å². The highest BCUT2D eigenvalue weighted by Crippen LogP contribution is 2.30. The maximum atomic E-state index is 5.78. The molecule has 2 aromatic rings. The summed E-state index contributed by atoms with van der Waals surface area (Å²) in [5.41, 5.74) is 7.48. The van der Waals surface area contributed by atoms with Crippen molar-refractivity contribution in [2.45, 2.75) is 19.9 Å². The molecule has 1 atom stereocenters. The number of hydrazine groups is 1. The maximum Gasteiger partial charge on any atom is 0.122 e. The van der Waals surface area contributed by atoms with Gasteiger partial charge in [-0.05, 0) is 48.2 Å². The lowest BCUT2D eigenvalue weighted by atomic mass is 9.96. The van der Waals surface area contributed by atoms with Crippen LogP contribution in [0.3, 0.4) is 0 Å².